The number of amides is 1. The van der Waals surface area contributed by atoms with Crippen LogP contribution >= 0.6 is 0 Å². The number of nitrogens with one attached hydrogen (secondary N) is 1. The van der Waals surface area contributed by atoms with Crippen LogP contribution in [0.1, 0.15) is 15.9 Å². The Hall–Kier alpha value is -2.50. The maximum Gasteiger partial charge on any atom is 0.257 e. The number of nitrogens with two attached hydrogens (primary N) is 1. The fraction of sp³-hybridized carbons (Fsp3) is 0.0769. The summed E-state index contributed by atoms with van der Waals surface area (Å²) in [6.07, 6.45) is 1.52. The van der Waals surface area contributed by atoms with E-state index in [1.54, 1.807) is 12.1 Å². The SMILES string of the molecule is Cc1ccnc(NC(=O)c2cc(F)c(N)c(F)c2)c1. The van der Waals surface area contributed by atoms with Crippen LogP contribution in [0.2, 0.25) is 0 Å². The fourth-order valence-electron chi connectivity index (χ4n) is 1.51. The van der Waals surface area contributed by atoms with Gasteiger partial charge in [0.25, 0.3) is 5.91 Å². The van der Waals surface area contributed by atoms with Crippen molar-refractivity contribution in [2.75, 3.05) is 11.1 Å². The van der Waals surface area contributed by atoms with E-state index < -0.39 is 23.2 Å². The number of halogens is 2. The molecule has 1 amide bonds. The summed E-state index contributed by atoms with van der Waals surface area (Å²) in [5.41, 5.74) is 5.27. The first-order valence-electron chi connectivity index (χ1n) is 5.46. The molecule has 0 spiro atoms. The summed E-state index contributed by atoms with van der Waals surface area (Å²) in [5.74, 6) is -2.29. The Morgan fingerprint density at radius 3 is 2.47 bits per heavy atom. The van der Waals surface area contributed by atoms with Gasteiger partial charge in [-0.05, 0) is 36.8 Å². The molecule has 2 rings (SSSR count). The van der Waals surface area contributed by atoms with Crippen molar-refractivity contribution in [3.8, 4) is 0 Å². The van der Waals surface area contributed by atoms with Gasteiger partial charge < -0.3 is 11.1 Å². The molecular weight excluding hydrogens is 252 g/mol. The second kappa shape index (κ2) is 5.01. The third-order valence-electron chi connectivity index (χ3n) is 2.50. The third-order valence-corrected chi connectivity index (χ3v) is 2.50. The molecule has 0 atom stereocenters. The Bertz CT molecular complexity index is 621. The minimum atomic E-state index is -0.970. The molecule has 0 saturated heterocycles. The van der Waals surface area contributed by atoms with Crippen LogP contribution in [-0.2, 0) is 0 Å². The first kappa shape index (κ1) is 12.9. The summed E-state index contributed by atoms with van der Waals surface area (Å²) in [6, 6.07) is 5.16. The lowest BCUT2D eigenvalue weighted by Gasteiger charge is -2.06. The number of carbonyl (C=O) groups excluding carboxylic acids is 1. The van der Waals surface area contributed by atoms with Gasteiger partial charge in [-0.3, -0.25) is 4.79 Å². The van der Waals surface area contributed by atoms with Gasteiger partial charge in [0.05, 0.1) is 0 Å². The lowest BCUT2D eigenvalue weighted by atomic mass is 10.1. The van der Waals surface area contributed by atoms with Gasteiger partial charge in [-0.1, -0.05) is 0 Å². The summed E-state index contributed by atoms with van der Waals surface area (Å²) in [7, 11) is 0. The Morgan fingerprint density at radius 1 is 1.26 bits per heavy atom. The first-order valence-corrected chi connectivity index (χ1v) is 5.46. The molecule has 0 radical (unpaired) electrons. The van der Waals surface area contributed by atoms with Crippen LogP contribution in [0.5, 0.6) is 0 Å². The zero-order chi connectivity index (χ0) is 14.0. The van der Waals surface area contributed by atoms with Crippen LogP contribution in [0.3, 0.4) is 0 Å². The van der Waals surface area contributed by atoms with Crippen molar-refractivity contribution in [2.45, 2.75) is 6.92 Å². The summed E-state index contributed by atoms with van der Waals surface area (Å²) >= 11 is 0. The molecule has 0 fully saturated rings. The molecule has 0 saturated carbocycles. The molecule has 19 heavy (non-hydrogen) atoms. The van der Waals surface area contributed by atoms with Crippen LogP contribution in [0.25, 0.3) is 0 Å². The van der Waals surface area contributed by atoms with Gasteiger partial charge in [-0.25, -0.2) is 13.8 Å². The van der Waals surface area contributed by atoms with E-state index >= 15 is 0 Å². The Labute approximate surface area is 108 Å². The average Bonchev–Trinajstić information content (AvgIpc) is 2.35. The van der Waals surface area contributed by atoms with Gasteiger partial charge >= 0.3 is 0 Å². The average molecular weight is 263 g/mol. The maximum atomic E-state index is 13.2. The van der Waals surface area contributed by atoms with E-state index in [2.05, 4.69) is 10.3 Å². The van der Waals surface area contributed by atoms with Crippen LogP contribution in [0.4, 0.5) is 20.3 Å². The highest BCUT2D eigenvalue weighted by Crippen LogP contribution is 2.18. The van der Waals surface area contributed by atoms with E-state index in [-0.39, 0.29) is 5.56 Å². The molecule has 1 heterocycles. The molecule has 0 aliphatic carbocycles. The van der Waals surface area contributed by atoms with Crippen molar-refractivity contribution in [1.29, 1.82) is 0 Å². The van der Waals surface area contributed by atoms with E-state index in [4.69, 9.17) is 5.73 Å². The molecule has 2 aromatic rings. The third kappa shape index (κ3) is 2.85. The Morgan fingerprint density at radius 2 is 1.89 bits per heavy atom. The molecule has 0 unspecified atom stereocenters. The van der Waals surface area contributed by atoms with Crippen molar-refractivity contribution >= 4 is 17.4 Å². The minimum Gasteiger partial charge on any atom is -0.394 e. The highest BCUT2D eigenvalue weighted by molar-refractivity contribution is 6.04. The number of nitrogens with zero attached hydrogens (tertiary/aromatic N) is 1. The van der Waals surface area contributed by atoms with Crippen LogP contribution < -0.4 is 11.1 Å². The summed E-state index contributed by atoms with van der Waals surface area (Å²) in [5, 5.41) is 2.45. The highest BCUT2D eigenvalue weighted by atomic mass is 19.1. The number of aromatic nitrogens is 1. The van der Waals surface area contributed by atoms with Gasteiger partial charge in [0.15, 0.2) is 0 Å². The van der Waals surface area contributed by atoms with Gasteiger partial charge in [0.2, 0.25) is 0 Å². The zero-order valence-corrected chi connectivity index (χ0v) is 10.1. The monoisotopic (exact) mass is 263 g/mol. The number of aryl methyl sites for hydroxylation is 1. The van der Waals surface area contributed by atoms with Gasteiger partial charge in [0, 0.05) is 11.8 Å². The van der Waals surface area contributed by atoms with E-state index in [9.17, 15) is 13.6 Å². The molecular formula is C13H11F2N3O. The molecule has 0 aliphatic rings. The number of hydrogen-bond donors (Lipinski definition) is 2. The zero-order valence-electron chi connectivity index (χ0n) is 10.1. The molecule has 98 valence electrons. The lowest BCUT2D eigenvalue weighted by Crippen LogP contribution is -2.14. The normalized spacial score (nSPS) is 10.3. The molecule has 0 bridgehead atoms. The number of pyridine rings is 1. The molecule has 3 N–H and O–H groups in total. The number of nitrogen functional groups attached to an aromatic ring is 1. The molecule has 6 heteroatoms. The van der Waals surface area contributed by atoms with Crippen molar-refractivity contribution in [3.05, 3.63) is 53.2 Å². The molecule has 1 aromatic heterocycles. The van der Waals surface area contributed by atoms with E-state index in [0.717, 1.165) is 17.7 Å². The van der Waals surface area contributed by atoms with Crippen LogP contribution in [-0.4, -0.2) is 10.9 Å². The number of anilines is 2. The topological polar surface area (TPSA) is 68.0 Å². The smallest absolute Gasteiger partial charge is 0.257 e. The Balaban J connectivity index is 2.25. The second-order valence-electron chi connectivity index (χ2n) is 4.03. The Kier molecular flexibility index (Phi) is 3.41. The fourth-order valence-corrected chi connectivity index (χ4v) is 1.51. The molecule has 4 nitrogen and oxygen atoms in total. The largest absolute Gasteiger partial charge is 0.394 e. The maximum absolute atomic E-state index is 13.2. The lowest BCUT2D eigenvalue weighted by molar-refractivity contribution is 0.102. The summed E-state index contributed by atoms with van der Waals surface area (Å²) < 4.78 is 26.5. The minimum absolute atomic E-state index is 0.160. The van der Waals surface area contributed by atoms with E-state index in [1.807, 2.05) is 6.92 Å². The van der Waals surface area contributed by atoms with Gasteiger partial charge in [0.1, 0.15) is 23.1 Å². The van der Waals surface area contributed by atoms with Gasteiger partial charge in [-0.2, -0.15) is 0 Å². The van der Waals surface area contributed by atoms with Crippen LogP contribution in [0, 0.1) is 18.6 Å². The number of carbonyl (C=O) groups is 1. The van der Waals surface area contributed by atoms with E-state index in [1.165, 1.54) is 6.20 Å². The predicted octanol–water partition coefficient (Wildman–Crippen LogP) is 2.50. The predicted molar refractivity (Wildman–Crippen MR) is 67.7 cm³/mol. The second-order valence-corrected chi connectivity index (χ2v) is 4.03. The molecule has 0 aliphatic heterocycles. The van der Waals surface area contributed by atoms with Gasteiger partial charge in [-0.15, -0.1) is 0 Å². The van der Waals surface area contributed by atoms with Crippen LogP contribution in [0.15, 0.2) is 30.5 Å². The summed E-state index contributed by atoms with van der Waals surface area (Å²) in [6.45, 7) is 1.83. The van der Waals surface area contributed by atoms with Crippen molar-refractivity contribution in [2.24, 2.45) is 0 Å². The van der Waals surface area contributed by atoms with Crippen molar-refractivity contribution < 1.29 is 13.6 Å². The first-order chi connectivity index (χ1) is 8.97. The standard InChI is InChI=1S/C13H11F2N3O/c1-7-2-3-17-11(4-7)18-13(19)8-5-9(14)12(16)10(15)6-8/h2-6H,16H2,1H3,(H,17,18,19). The molecule has 1 aromatic carbocycles. The highest BCUT2D eigenvalue weighted by Gasteiger charge is 2.13. The number of benzene rings is 1. The number of hydrogen-bond acceptors (Lipinski definition) is 3. The quantitative estimate of drug-likeness (QED) is 0.818. The van der Waals surface area contributed by atoms with Crippen molar-refractivity contribution in [1.82, 2.24) is 4.98 Å². The number of rotatable bonds is 2. The van der Waals surface area contributed by atoms with E-state index in [0.29, 0.717) is 5.82 Å². The summed E-state index contributed by atoms with van der Waals surface area (Å²) in [4.78, 5) is 15.7. The van der Waals surface area contributed by atoms with Crippen molar-refractivity contribution in [3.63, 3.8) is 0 Å².